The monoisotopic (exact) mass is 336 g/mol. The van der Waals surface area contributed by atoms with E-state index in [1.54, 1.807) is 23.7 Å². The van der Waals surface area contributed by atoms with E-state index < -0.39 is 5.97 Å². The molecule has 0 aliphatic rings. The highest BCUT2D eigenvalue weighted by Gasteiger charge is 2.11. The molecule has 24 heavy (non-hydrogen) atoms. The Kier molecular flexibility index (Phi) is 3.55. The van der Waals surface area contributed by atoms with Crippen molar-refractivity contribution < 1.29 is 9.53 Å². The van der Waals surface area contributed by atoms with Gasteiger partial charge in [0.15, 0.2) is 12.4 Å². The van der Waals surface area contributed by atoms with Crippen LogP contribution in [0.1, 0.15) is 16.2 Å². The summed E-state index contributed by atoms with van der Waals surface area (Å²) >= 11 is 1.48. The first-order chi connectivity index (χ1) is 11.7. The fourth-order valence-electron chi connectivity index (χ4n) is 2.41. The van der Waals surface area contributed by atoms with Crippen molar-refractivity contribution >= 4 is 44.2 Å². The van der Waals surface area contributed by atoms with E-state index in [9.17, 15) is 4.79 Å². The van der Waals surface area contributed by atoms with Gasteiger partial charge in [0.25, 0.3) is 0 Å². The van der Waals surface area contributed by atoms with E-state index in [0.29, 0.717) is 17.2 Å². The van der Waals surface area contributed by atoms with Crippen molar-refractivity contribution in [2.45, 2.75) is 6.61 Å². The van der Waals surface area contributed by atoms with Crippen molar-refractivity contribution in [3.63, 3.8) is 0 Å². The van der Waals surface area contributed by atoms with Gasteiger partial charge in [-0.25, -0.2) is 19.7 Å². The number of para-hydroxylation sites is 1. The molecule has 2 heterocycles. The molecule has 4 aromatic rings. The average molecular weight is 336 g/mol. The van der Waals surface area contributed by atoms with Crippen LogP contribution in [0.15, 0.2) is 48.0 Å². The van der Waals surface area contributed by atoms with Crippen LogP contribution in [0, 0.1) is 0 Å². The molecule has 2 N–H and O–H groups in total. The number of thiazole rings is 1. The number of aromatic nitrogens is 3. The summed E-state index contributed by atoms with van der Waals surface area (Å²) in [6, 6.07) is 12.7. The molecule has 0 unspecified atom stereocenters. The lowest BCUT2D eigenvalue weighted by Gasteiger charge is -2.07. The highest BCUT2D eigenvalue weighted by molar-refractivity contribution is 7.16. The van der Waals surface area contributed by atoms with Gasteiger partial charge in [0, 0.05) is 5.39 Å². The van der Waals surface area contributed by atoms with Crippen LogP contribution >= 0.6 is 11.3 Å². The van der Waals surface area contributed by atoms with Crippen LogP contribution in [-0.4, -0.2) is 20.9 Å². The van der Waals surface area contributed by atoms with E-state index >= 15 is 0 Å². The third kappa shape index (κ3) is 2.65. The molecule has 118 valence electrons. The predicted octanol–water partition coefficient (Wildman–Crippen LogP) is 3.18. The molecule has 4 rings (SSSR count). The van der Waals surface area contributed by atoms with Crippen LogP contribution < -0.4 is 5.73 Å². The number of benzene rings is 2. The number of hydrogen-bond acceptors (Lipinski definition) is 7. The van der Waals surface area contributed by atoms with Gasteiger partial charge in [-0.05, 0) is 30.3 Å². The van der Waals surface area contributed by atoms with Gasteiger partial charge in [-0.1, -0.05) is 12.1 Å². The first kappa shape index (κ1) is 14.5. The SMILES string of the molecule is Nc1nc(COC(=O)c2ccc3ncsc3c2)nc2ccccc12. The summed E-state index contributed by atoms with van der Waals surface area (Å²) in [5.74, 6) is 0.316. The molecule has 0 bridgehead atoms. The van der Waals surface area contributed by atoms with Gasteiger partial charge < -0.3 is 10.5 Å². The van der Waals surface area contributed by atoms with E-state index in [2.05, 4.69) is 15.0 Å². The molecule has 0 aliphatic heterocycles. The van der Waals surface area contributed by atoms with Crippen LogP contribution in [-0.2, 0) is 11.3 Å². The summed E-state index contributed by atoms with van der Waals surface area (Å²) in [7, 11) is 0. The first-order valence-electron chi connectivity index (χ1n) is 7.22. The normalized spacial score (nSPS) is 11.0. The lowest BCUT2D eigenvalue weighted by Crippen LogP contribution is -2.08. The van der Waals surface area contributed by atoms with Crippen molar-refractivity contribution in [2.75, 3.05) is 5.73 Å². The number of ether oxygens (including phenoxy) is 1. The number of rotatable bonds is 3. The number of nitrogens with zero attached hydrogens (tertiary/aromatic N) is 3. The lowest BCUT2D eigenvalue weighted by molar-refractivity contribution is 0.0463. The Hall–Kier alpha value is -3.06. The van der Waals surface area contributed by atoms with E-state index in [0.717, 1.165) is 21.1 Å². The first-order valence-corrected chi connectivity index (χ1v) is 8.10. The van der Waals surface area contributed by atoms with Crippen molar-refractivity contribution in [1.82, 2.24) is 15.0 Å². The Labute approximate surface area is 140 Å². The number of carbonyl (C=O) groups excluding carboxylic acids is 1. The second-order valence-corrected chi connectivity index (χ2v) is 6.04. The molecule has 0 fully saturated rings. The zero-order valence-corrected chi connectivity index (χ0v) is 13.3. The van der Waals surface area contributed by atoms with Crippen molar-refractivity contribution in [1.29, 1.82) is 0 Å². The molecule has 0 atom stereocenters. The maximum atomic E-state index is 12.2. The van der Waals surface area contributed by atoms with Crippen LogP contribution in [0.5, 0.6) is 0 Å². The van der Waals surface area contributed by atoms with E-state index in [4.69, 9.17) is 10.5 Å². The molecular weight excluding hydrogens is 324 g/mol. The van der Waals surface area contributed by atoms with Gasteiger partial charge in [-0.3, -0.25) is 0 Å². The molecule has 0 aliphatic carbocycles. The Bertz CT molecular complexity index is 1060. The fourth-order valence-corrected chi connectivity index (χ4v) is 3.13. The largest absolute Gasteiger partial charge is 0.454 e. The van der Waals surface area contributed by atoms with Gasteiger partial charge >= 0.3 is 5.97 Å². The summed E-state index contributed by atoms with van der Waals surface area (Å²) < 4.78 is 6.25. The van der Waals surface area contributed by atoms with Crippen molar-refractivity contribution in [3.05, 3.63) is 59.4 Å². The number of nitrogen functional groups attached to an aromatic ring is 1. The third-order valence-electron chi connectivity index (χ3n) is 3.58. The predicted molar refractivity (Wildman–Crippen MR) is 92.7 cm³/mol. The van der Waals surface area contributed by atoms with Gasteiger partial charge in [0.05, 0.1) is 26.8 Å². The zero-order chi connectivity index (χ0) is 16.5. The van der Waals surface area contributed by atoms with Gasteiger partial charge in [0.1, 0.15) is 5.82 Å². The van der Waals surface area contributed by atoms with Crippen LogP contribution in [0.3, 0.4) is 0 Å². The maximum absolute atomic E-state index is 12.2. The van der Waals surface area contributed by atoms with Gasteiger partial charge in [0.2, 0.25) is 0 Å². The number of nitrogens with two attached hydrogens (primary N) is 1. The molecule has 0 amide bonds. The summed E-state index contributed by atoms with van der Waals surface area (Å²) in [5, 5.41) is 0.781. The summed E-state index contributed by atoms with van der Waals surface area (Å²) in [4.78, 5) is 24.9. The molecular formula is C17H12N4O2S. The minimum atomic E-state index is -0.430. The second kappa shape index (κ2) is 5.86. The standard InChI is InChI=1S/C17H12N4O2S/c18-16-11-3-1-2-4-12(11)20-15(21-16)8-23-17(22)10-5-6-13-14(7-10)24-9-19-13/h1-7,9H,8H2,(H2,18,20,21). The highest BCUT2D eigenvalue weighted by atomic mass is 32.1. The van der Waals surface area contributed by atoms with Gasteiger partial charge in [-0.15, -0.1) is 11.3 Å². The lowest BCUT2D eigenvalue weighted by atomic mass is 10.2. The minimum Gasteiger partial charge on any atom is -0.454 e. The van der Waals surface area contributed by atoms with Crippen molar-refractivity contribution in [3.8, 4) is 0 Å². The molecule has 7 heteroatoms. The summed E-state index contributed by atoms with van der Waals surface area (Å²) in [5.41, 5.74) is 9.73. The van der Waals surface area contributed by atoms with Crippen LogP contribution in [0.25, 0.3) is 21.1 Å². The molecule has 0 saturated heterocycles. The van der Waals surface area contributed by atoms with E-state index in [-0.39, 0.29) is 6.61 Å². The third-order valence-corrected chi connectivity index (χ3v) is 4.37. The quantitative estimate of drug-likeness (QED) is 0.578. The highest BCUT2D eigenvalue weighted by Crippen LogP contribution is 2.20. The molecule has 0 radical (unpaired) electrons. The topological polar surface area (TPSA) is 91.0 Å². The number of fused-ring (bicyclic) bond motifs is 2. The van der Waals surface area contributed by atoms with Crippen LogP contribution in [0.4, 0.5) is 5.82 Å². The molecule has 2 aromatic carbocycles. The number of esters is 1. The number of hydrogen-bond donors (Lipinski definition) is 1. The molecule has 2 aromatic heterocycles. The van der Waals surface area contributed by atoms with E-state index in [1.165, 1.54) is 11.3 Å². The number of carbonyl (C=O) groups is 1. The Morgan fingerprint density at radius 3 is 2.92 bits per heavy atom. The average Bonchev–Trinajstić information content (AvgIpc) is 3.07. The van der Waals surface area contributed by atoms with Gasteiger partial charge in [-0.2, -0.15) is 0 Å². The van der Waals surface area contributed by atoms with Crippen LogP contribution in [0.2, 0.25) is 0 Å². The molecule has 6 nitrogen and oxygen atoms in total. The molecule has 0 spiro atoms. The Morgan fingerprint density at radius 2 is 2.00 bits per heavy atom. The summed E-state index contributed by atoms with van der Waals surface area (Å²) in [6.07, 6.45) is 0. The summed E-state index contributed by atoms with van der Waals surface area (Å²) in [6.45, 7) is -0.0331. The smallest absolute Gasteiger partial charge is 0.338 e. The molecule has 0 saturated carbocycles. The fraction of sp³-hybridized carbons (Fsp3) is 0.0588. The van der Waals surface area contributed by atoms with Crippen molar-refractivity contribution in [2.24, 2.45) is 0 Å². The zero-order valence-electron chi connectivity index (χ0n) is 12.5. The Balaban J connectivity index is 1.54. The minimum absolute atomic E-state index is 0.0331. The Morgan fingerprint density at radius 1 is 1.12 bits per heavy atom. The van der Waals surface area contributed by atoms with E-state index in [1.807, 2.05) is 24.3 Å². The second-order valence-electron chi connectivity index (χ2n) is 5.15. The maximum Gasteiger partial charge on any atom is 0.338 e. The number of anilines is 1.